The number of thioether (sulfide) groups is 1. The Morgan fingerprint density at radius 1 is 0.780 bits per heavy atom. The number of amidine groups is 1. The smallest absolute Gasteiger partial charge is 0.267 e. The Bertz CT molecular complexity index is 1720. The molecule has 5 nitrogen and oxygen atoms in total. The minimum absolute atomic E-state index is 0.0724. The summed E-state index contributed by atoms with van der Waals surface area (Å²) in [5, 5.41) is 3.05. The van der Waals surface area contributed by atoms with E-state index in [2.05, 4.69) is 30.3 Å². The third-order valence-electron chi connectivity index (χ3n) is 6.82. The molecule has 1 amide bonds. The van der Waals surface area contributed by atoms with Crippen molar-refractivity contribution in [2.45, 2.75) is 13.2 Å². The molecule has 6 rings (SSSR count). The molecule has 5 aromatic carbocycles. The Morgan fingerprint density at radius 3 is 2.27 bits per heavy atom. The third-order valence-corrected chi connectivity index (χ3v) is 7.83. The number of methoxy groups -OCH3 is 1. The quantitative estimate of drug-likeness (QED) is 0.181. The zero-order valence-corrected chi connectivity index (χ0v) is 23.4. The van der Waals surface area contributed by atoms with Crippen LogP contribution < -0.4 is 9.47 Å². The summed E-state index contributed by atoms with van der Waals surface area (Å²) in [7, 11) is 1.64. The predicted molar refractivity (Wildman–Crippen MR) is 167 cm³/mol. The first-order chi connectivity index (χ1) is 20.2. The molecule has 202 valence electrons. The summed E-state index contributed by atoms with van der Waals surface area (Å²) in [4.78, 5) is 20.7. The fraction of sp³-hybridized carbons (Fsp3) is 0.0857. The van der Waals surface area contributed by atoms with Crippen LogP contribution in [0.4, 0.5) is 5.69 Å². The van der Waals surface area contributed by atoms with Crippen molar-refractivity contribution in [3.63, 3.8) is 0 Å². The molecule has 1 aliphatic rings. The van der Waals surface area contributed by atoms with Crippen molar-refractivity contribution in [3.05, 3.63) is 143 Å². The number of amides is 1. The number of nitrogens with zero attached hydrogens (tertiary/aromatic N) is 2. The van der Waals surface area contributed by atoms with Crippen LogP contribution >= 0.6 is 11.8 Å². The minimum Gasteiger partial charge on any atom is -0.497 e. The van der Waals surface area contributed by atoms with Gasteiger partial charge in [0.25, 0.3) is 5.91 Å². The van der Waals surface area contributed by atoms with Gasteiger partial charge in [-0.1, -0.05) is 84.9 Å². The molecular formula is C35H28N2O3S. The van der Waals surface area contributed by atoms with Gasteiger partial charge in [0.2, 0.25) is 0 Å². The van der Waals surface area contributed by atoms with Gasteiger partial charge >= 0.3 is 0 Å². The second-order valence-corrected chi connectivity index (χ2v) is 10.6. The van der Waals surface area contributed by atoms with E-state index in [1.807, 2.05) is 97.1 Å². The lowest BCUT2D eigenvalue weighted by Crippen LogP contribution is -2.28. The van der Waals surface area contributed by atoms with E-state index in [-0.39, 0.29) is 5.91 Å². The number of rotatable bonds is 8. The summed E-state index contributed by atoms with van der Waals surface area (Å²) < 4.78 is 11.4. The second-order valence-electron chi connectivity index (χ2n) is 9.58. The number of para-hydroxylation sites is 1. The number of hydrogen-bond acceptors (Lipinski definition) is 5. The number of carbonyl (C=O) groups excluding carboxylic acids is 1. The topological polar surface area (TPSA) is 51.1 Å². The van der Waals surface area contributed by atoms with Gasteiger partial charge in [0.1, 0.15) is 18.1 Å². The van der Waals surface area contributed by atoms with Gasteiger partial charge in [0.15, 0.2) is 5.17 Å². The van der Waals surface area contributed by atoms with Gasteiger partial charge in [-0.15, -0.1) is 0 Å². The van der Waals surface area contributed by atoms with Crippen LogP contribution in [-0.2, 0) is 17.9 Å². The summed E-state index contributed by atoms with van der Waals surface area (Å²) in [5.74, 6) is 1.48. The lowest BCUT2D eigenvalue weighted by atomic mass is 10.1. The highest BCUT2D eigenvalue weighted by Gasteiger charge is 2.33. The van der Waals surface area contributed by atoms with Gasteiger partial charge in [-0.2, -0.15) is 0 Å². The Morgan fingerprint density at radius 2 is 1.49 bits per heavy atom. The zero-order valence-electron chi connectivity index (χ0n) is 22.6. The molecule has 0 bridgehead atoms. The Labute approximate surface area is 243 Å². The molecule has 0 radical (unpaired) electrons. The van der Waals surface area contributed by atoms with Crippen LogP contribution in [0.3, 0.4) is 0 Å². The summed E-state index contributed by atoms with van der Waals surface area (Å²) in [5.41, 5.74) is 3.86. The lowest BCUT2D eigenvalue weighted by molar-refractivity contribution is -0.122. The second kappa shape index (κ2) is 12.1. The molecule has 0 unspecified atom stereocenters. The average Bonchev–Trinajstić information content (AvgIpc) is 3.30. The summed E-state index contributed by atoms with van der Waals surface area (Å²) in [6.07, 6.45) is 1.91. The van der Waals surface area contributed by atoms with Gasteiger partial charge < -0.3 is 9.47 Å². The number of hydrogen-bond donors (Lipinski definition) is 0. The van der Waals surface area contributed by atoms with Crippen LogP contribution in [-0.4, -0.2) is 23.1 Å². The molecule has 5 aromatic rings. The van der Waals surface area contributed by atoms with E-state index >= 15 is 0 Å². The maximum absolute atomic E-state index is 13.6. The number of carbonyl (C=O) groups is 1. The van der Waals surface area contributed by atoms with E-state index in [0.717, 1.165) is 33.9 Å². The van der Waals surface area contributed by atoms with Crippen molar-refractivity contribution in [2.24, 2.45) is 4.99 Å². The van der Waals surface area contributed by atoms with Crippen molar-refractivity contribution in [3.8, 4) is 11.5 Å². The average molecular weight is 557 g/mol. The molecule has 1 fully saturated rings. The summed E-state index contributed by atoms with van der Waals surface area (Å²) in [6.45, 7) is 0.898. The highest BCUT2D eigenvalue weighted by Crippen LogP contribution is 2.35. The van der Waals surface area contributed by atoms with E-state index in [4.69, 9.17) is 14.5 Å². The first-order valence-electron chi connectivity index (χ1n) is 13.3. The van der Waals surface area contributed by atoms with Crippen LogP contribution in [0.15, 0.2) is 131 Å². The van der Waals surface area contributed by atoms with E-state index < -0.39 is 0 Å². The van der Waals surface area contributed by atoms with Gasteiger partial charge in [0, 0.05) is 0 Å². The standard InChI is InChI=1S/C35H28N2O3S/c1-39-30-18-16-26(17-19-30)23-37-34(38)33(41-35(37)36-29-11-3-2-4-12-29)22-25-14-20-31(21-15-25)40-24-28-10-7-9-27-8-5-6-13-32(27)28/h2-22H,23-24H2,1H3/b33-22-,36-35?. The highest BCUT2D eigenvalue weighted by atomic mass is 32.2. The summed E-state index contributed by atoms with van der Waals surface area (Å²) in [6, 6.07) is 39.8. The van der Waals surface area contributed by atoms with Crippen LogP contribution in [0.1, 0.15) is 16.7 Å². The molecule has 0 spiro atoms. The number of benzene rings is 5. The van der Waals surface area contributed by atoms with Crippen LogP contribution in [0.25, 0.3) is 16.8 Å². The van der Waals surface area contributed by atoms with Crippen LogP contribution in [0, 0.1) is 0 Å². The van der Waals surface area contributed by atoms with Gasteiger partial charge in [-0.3, -0.25) is 9.69 Å². The molecule has 0 atom stereocenters. The van der Waals surface area contributed by atoms with Crippen molar-refractivity contribution in [2.75, 3.05) is 7.11 Å². The number of ether oxygens (including phenoxy) is 2. The summed E-state index contributed by atoms with van der Waals surface area (Å²) >= 11 is 1.39. The van der Waals surface area contributed by atoms with Crippen molar-refractivity contribution in [1.82, 2.24) is 4.90 Å². The van der Waals surface area contributed by atoms with Crippen LogP contribution in [0.5, 0.6) is 11.5 Å². The Kier molecular flexibility index (Phi) is 7.83. The molecule has 0 saturated carbocycles. The molecule has 1 heterocycles. The fourth-order valence-corrected chi connectivity index (χ4v) is 5.65. The van der Waals surface area contributed by atoms with Crippen molar-refractivity contribution in [1.29, 1.82) is 0 Å². The largest absolute Gasteiger partial charge is 0.497 e. The SMILES string of the molecule is COc1ccc(CN2C(=O)/C(=C/c3ccc(OCc4cccc5ccccc45)cc3)SC2=Nc2ccccc2)cc1. The number of aliphatic imine (C=N–C) groups is 1. The molecule has 6 heteroatoms. The van der Waals surface area contributed by atoms with E-state index in [9.17, 15) is 4.79 Å². The Balaban J connectivity index is 1.20. The monoisotopic (exact) mass is 556 g/mol. The minimum atomic E-state index is -0.0724. The molecule has 0 N–H and O–H groups in total. The van der Waals surface area contributed by atoms with E-state index in [0.29, 0.717) is 23.2 Å². The molecular weight excluding hydrogens is 528 g/mol. The third kappa shape index (κ3) is 6.18. The fourth-order valence-electron chi connectivity index (χ4n) is 4.65. The van der Waals surface area contributed by atoms with Crippen LogP contribution in [0.2, 0.25) is 0 Å². The first kappa shape index (κ1) is 26.4. The first-order valence-corrected chi connectivity index (χ1v) is 14.2. The Hall–Kier alpha value is -4.81. The van der Waals surface area contributed by atoms with E-state index in [1.54, 1.807) is 12.0 Å². The molecule has 0 aliphatic carbocycles. The zero-order chi connectivity index (χ0) is 28.0. The molecule has 1 saturated heterocycles. The highest BCUT2D eigenvalue weighted by molar-refractivity contribution is 8.18. The van der Waals surface area contributed by atoms with Gasteiger partial charge in [-0.25, -0.2) is 4.99 Å². The maximum atomic E-state index is 13.6. The molecule has 0 aromatic heterocycles. The van der Waals surface area contributed by atoms with Gasteiger partial charge in [0.05, 0.1) is 24.2 Å². The molecule has 1 aliphatic heterocycles. The number of fused-ring (bicyclic) bond motifs is 1. The maximum Gasteiger partial charge on any atom is 0.267 e. The van der Waals surface area contributed by atoms with Gasteiger partial charge in [-0.05, 0) is 81.7 Å². The predicted octanol–water partition coefficient (Wildman–Crippen LogP) is 8.23. The lowest BCUT2D eigenvalue weighted by Gasteiger charge is -2.16. The van der Waals surface area contributed by atoms with Crippen molar-refractivity contribution < 1.29 is 14.3 Å². The normalized spacial score (nSPS) is 15.1. The molecule has 41 heavy (non-hydrogen) atoms. The van der Waals surface area contributed by atoms with E-state index in [1.165, 1.54) is 22.5 Å². The van der Waals surface area contributed by atoms with Crippen molar-refractivity contribution >= 4 is 45.4 Å².